The second-order valence-electron chi connectivity index (χ2n) is 7.39. The molecule has 142 valence electrons. The fourth-order valence-electron chi connectivity index (χ4n) is 4.04. The van der Waals surface area contributed by atoms with Gasteiger partial charge >= 0.3 is 0 Å². The SMILES string of the molecule is Cn1c(N2CCCC(C(=O)N3CCCC3)C2)nc(-c2ccncc2)cc1=O. The molecule has 4 rings (SSSR count). The van der Waals surface area contributed by atoms with E-state index in [0.717, 1.165) is 50.9 Å². The first kappa shape index (κ1) is 17.7. The molecule has 2 fully saturated rings. The average molecular weight is 367 g/mol. The normalized spacial score (nSPS) is 20.1. The average Bonchev–Trinajstić information content (AvgIpc) is 3.25. The Bertz CT molecular complexity index is 874. The predicted molar refractivity (Wildman–Crippen MR) is 103 cm³/mol. The second kappa shape index (κ2) is 7.50. The maximum atomic E-state index is 12.8. The van der Waals surface area contributed by atoms with E-state index in [4.69, 9.17) is 4.98 Å². The van der Waals surface area contributed by atoms with Crippen LogP contribution in [0.3, 0.4) is 0 Å². The lowest BCUT2D eigenvalue weighted by Crippen LogP contribution is -2.45. The fourth-order valence-corrected chi connectivity index (χ4v) is 4.04. The molecule has 0 aromatic carbocycles. The van der Waals surface area contributed by atoms with Crippen LogP contribution in [0.4, 0.5) is 5.95 Å². The zero-order chi connectivity index (χ0) is 18.8. The predicted octanol–water partition coefficient (Wildman–Crippen LogP) is 1.68. The highest BCUT2D eigenvalue weighted by atomic mass is 16.2. The van der Waals surface area contributed by atoms with Crippen LogP contribution in [-0.4, -0.2) is 51.5 Å². The number of hydrogen-bond donors (Lipinski definition) is 0. The zero-order valence-electron chi connectivity index (χ0n) is 15.7. The van der Waals surface area contributed by atoms with Crippen LogP contribution in [0, 0.1) is 5.92 Å². The van der Waals surface area contributed by atoms with Gasteiger partial charge in [-0.2, -0.15) is 0 Å². The van der Waals surface area contributed by atoms with Crippen molar-refractivity contribution in [1.82, 2.24) is 19.4 Å². The van der Waals surface area contributed by atoms with Gasteiger partial charge in [-0.15, -0.1) is 0 Å². The third-order valence-corrected chi connectivity index (χ3v) is 5.56. The quantitative estimate of drug-likeness (QED) is 0.825. The van der Waals surface area contributed by atoms with Crippen molar-refractivity contribution in [2.24, 2.45) is 13.0 Å². The van der Waals surface area contributed by atoms with Gasteiger partial charge in [0, 0.05) is 57.3 Å². The first-order chi connectivity index (χ1) is 13.1. The van der Waals surface area contributed by atoms with Crippen LogP contribution in [0.25, 0.3) is 11.3 Å². The van der Waals surface area contributed by atoms with E-state index in [0.29, 0.717) is 18.2 Å². The van der Waals surface area contributed by atoms with Crippen molar-refractivity contribution in [3.8, 4) is 11.3 Å². The van der Waals surface area contributed by atoms with Gasteiger partial charge in [-0.05, 0) is 37.8 Å². The monoisotopic (exact) mass is 367 g/mol. The van der Waals surface area contributed by atoms with E-state index in [1.165, 1.54) is 0 Å². The molecule has 1 unspecified atom stereocenters. The summed E-state index contributed by atoms with van der Waals surface area (Å²) in [5.41, 5.74) is 1.41. The van der Waals surface area contributed by atoms with Crippen molar-refractivity contribution in [2.75, 3.05) is 31.1 Å². The number of hydrogen-bond acceptors (Lipinski definition) is 5. The summed E-state index contributed by atoms with van der Waals surface area (Å²) in [6.07, 6.45) is 7.43. The van der Waals surface area contributed by atoms with Crippen LogP contribution in [0.2, 0.25) is 0 Å². The zero-order valence-corrected chi connectivity index (χ0v) is 15.7. The number of likely N-dealkylation sites (tertiary alicyclic amines) is 1. The molecule has 2 aliphatic heterocycles. The summed E-state index contributed by atoms with van der Waals surface area (Å²) >= 11 is 0. The summed E-state index contributed by atoms with van der Waals surface area (Å²) in [5.74, 6) is 0.874. The van der Waals surface area contributed by atoms with E-state index < -0.39 is 0 Å². The van der Waals surface area contributed by atoms with Gasteiger partial charge in [0.25, 0.3) is 5.56 Å². The molecule has 2 aromatic heterocycles. The highest BCUT2D eigenvalue weighted by Gasteiger charge is 2.31. The summed E-state index contributed by atoms with van der Waals surface area (Å²) in [6.45, 7) is 3.19. The van der Waals surface area contributed by atoms with Crippen LogP contribution >= 0.6 is 0 Å². The van der Waals surface area contributed by atoms with Crippen molar-refractivity contribution >= 4 is 11.9 Å². The van der Waals surface area contributed by atoms with Gasteiger partial charge in [-0.1, -0.05) is 0 Å². The molecule has 1 atom stereocenters. The Balaban J connectivity index is 1.61. The molecule has 1 amide bonds. The smallest absolute Gasteiger partial charge is 0.255 e. The standard InChI is InChI=1S/C20H25N5O2/c1-23-18(26)13-17(15-6-8-21-9-7-15)22-20(23)25-12-4-5-16(14-25)19(27)24-10-2-3-11-24/h6-9,13,16H,2-5,10-12,14H2,1H3. The molecule has 4 heterocycles. The highest BCUT2D eigenvalue weighted by molar-refractivity contribution is 5.80. The maximum absolute atomic E-state index is 12.8. The number of anilines is 1. The molecule has 2 aromatic rings. The van der Waals surface area contributed by atoms with Crippen LogP contribution < -0.4 is 10.5 Å². The number of carbonyl (C=O) groups is 1. The molecule has 2 aliphatic rings. The lowest BCUT2D eigenvalue weighted by molar-refractivity contribution is -0.134. The van der Waals surface area contributed by atoms with Gasteiger partial charge in [0.1, 0.15) is 0 Å². The second-order valence-corrected chi connectivity index (χ2v) is 7.39. The highest BCUT2D eigenvalue weighted by Crippen LogP contribution is 2.25. The molecule has 7 heteroatoms. The molecule has 7 nitrogen and oxygen atoms in total. The van der Waals surface area contributed by atoms with E-state index in [1.54, 1.807) is 30.1 Å². The van der Waals surface area contributed by atoms with Gasteiger partial charge in [-0.25, -0.2) is 4.98 Å². The number of carbonyl (C=O) groups excluding carboxylic acids is 1. The van der Waals surface area contributed by atoms with Crippen molar-refractivity contribution in [2.45, 2.75) is 25.7 Å². The van der Waals surface area contributed by atoms with E-state index >= 15 is 0 Å². The molecule has 0 radical (unpaired) electrons. The van der Waals surface area contributed by atoms with Gasteiger partial charge in [0.2, 0.25) is 11.9 Å². The van der Waals surface area contributed by atoms with Gasteiger partial charge in [-0.3, -0.25) is 19.1 Å². The van der Waals surface area contributed by atoms with Crippen LogP contribution in [0.1, 0.15) is 25.7 Å². The van der Waals surface area contributed by atoms with E-state index in [-0.39, 0.29) is 17.4 Å². The molecule has 0 N–H and O–H groups in total. The van der Waals surface area contributed by atoms with Crippen molar-refractivity contribution in [1.29, 1.82) is 0 Å². The molecule has 0 bridgehead atoms. The summed E-state index contributed by atoms with van der Waals surface area (Å²) in [6, 6.07) is 5.25. The fraction of sp³-hybridized carbons (Fsp3) is 0.500. The lowest BCUT2D eigenvalue weighted by atomic mass is 9.97. The summed E-state index contributed by atoms with van der Waals surface area (Å²) in [7, 11) is 1.74. The minimum atomic E-state index is -0.0974. The molecular weight excluding hydrogens is 342 g/mol. The number of amides is 1. The van der Waals surface area contributed by atoms with E-state index in [9.17, 15) is 9.59 Å². The lowest BCUT2D eigenvalue weighted by Gasteiger charge is -2.35. The Morgan fingerprint density at radius 1 is 1.11 bits per heavy atom. The van der Waals surface area contributed by atoms with E-state index in [1.807, 2.05) is 17.0 Å². The minimum absolute atomic E-state index is 0.0154. The first-order valence-electron chi connectivity index (χ1n) is 9.65. The summed E-state index contributed by atoms with van der Waals surface area (Å²) < 4.78 is 1.58. The first-order valence-corrected chi connectivity index (χ1v) is 9.65. The van der Waals surface area contributed by atoms with Crippen molar-refractivity contribution < 1.29 is 4.79 Å². The molecular formula is C20H25N5O2. The van der Waals surface area contributed by atoms with E-state index in [2.05, 4.69) is 9.88 Å². The number of pyridine rings is 1. The number of rotatable bonds is 3. The molecule has 2 saturated heterocycles. The van der Waals surface area contributed by atoms with Gasteiger partial charge in [0.15, 0.2) is 0 Å². The minimum Gasteiger partial charge on any atom is -0.342 e. The maximum Gasteiger partial charge on any atom is 0.255 e. The largest absolute Gasteiger partial charge is 0.342 e. The number of nitrogens with zero attached hydrogens (tertiary/aromatic N) is 5. The molecule has 0 saturated carbocycles. The third-order valence-electron chi connectivity index (χ3n) is 5.56. The Morgan fingerprint density at radius 3 is 2.59 bits per heavy atom. The van der Waals surface area contributed by atoms with Gasteiger partial charge < -0.3 is 9.80 Å². The topological polar surface area (TPSA) is 71.3 Å². The van der Waals surface area contributed by atoms with Crippen molar-refractivity contribution in [3.63, 3.8) is 0 Å². The number of piperidine rings is 1. The Morgan fingerprint density at radius 2 is 1.85 bits per heavy atom. The summed E-state index contributed by atoms with van der Waals surface area (Å²) in [4.78, 5) is 38.2. The summed E-state index contributed by atoms with van der Waals surface area (Å²) in [5, 5.41) is 0. The Kier molecular flexibility index (Phi) is 4.92. The molecule has 0 spiro atoms. The van der Waals surface area contributed by atoms with Crippen LogP contribution in [0.5, 0.6) is 0 Å². The van der Waals surface area contributed by atoms with Crippen LogP contribution in [-0.2, 0) is 11.8 Å². The number of aromatic nitrogens is 3. The Hall–Kier alpha value is -2.70. The van der Waals surface area contributed by atoms with Crippen LogP contribution in [0.15, 0.2) is 35.4 Å². The molecule has 27 heavy (non-hydrogen) atoms. The van der Waals surface area contributed by atoms with Gasteiger partial charge in [0.05, 0.1) is 11.6 Å². The third kappa shape index (κ3) is 3.59. The molecule has 0 aliphatic carbocycles. The van der Waals surface area contributed by atoms with Crippen molar-refractivity contribution in [3.05, 3.63) is 40.9 Å². The Labute approximate surface area is 158 Å².